The molecule has 0 aliphatic rings. The fourth-order valence-electron chi connectivity index (χ4n) is 1.20. The van der Waals surface area contributed by atoms with Crippen molar-refractivity contribution < 1.29 is 9.59 Å². The molecule has 0 saturated carbocycles. The van der Waals surface area contributed by atoms with Crippen molar-refractivity contribution in [2.24, 2.45) is 11.5 Å². The second kappa shape index (κ2) is 6.49. The molecule has 1 aromatic rings. The average molecular weight is 236 g/mol. The molecule has 1 aromatic carbocycles. The molecule has 0 aliphatic carbocycles. The zero-order chi connectivity index (χ0) is 12.7. The first-order chi connectivity index (χ1) is 8.11. The van der Waals surface area contributed by atoms with Crippen molar-refractivity contribution in [3.63, 3.8) is 0 Å². The van der Waals surface area contributed by atoms with Gasteiger partial charge in [0.2, 0.25) is 5.91 Å². The molecule has 1 rings (SSSR count). The molecule has 6 nitrogen and oxygen atoms in total. The molecule has 92 valence electrons. The lowest BCUT2D eigenvalue weighted by Crippen LogP contribution is -2.31. The standard InChI is InChI=1S/C11H16N4O2/c12-7-8-1-3-9(4-2-8)15-11(17)14-6-5-10(13)16/h1-4H,5-7,12H2,(H2,13,16)(H2,14,15,17). The molecule has 6 heteroatoms. The van der Waals surface area contributed by atoms with E-state index in [9.17, 15) is 9.59 Å². The van der Waals surface area contributed by atoms with Crippen LogP contribution in [0.1, 0.15) is 12.0 Å². The van der Waals surface area contributed by atoms with Crippen LogP contribution in [0.4, 0.5) is 10.5 Å². The summed E-state index contributed by atoms with van der Waals surface area (Å²) < 4.78 is 0. The number of anilines is 1. The van der Waals surface area contributed by atoms with E-state index in [1.807, 2.05) is 12.1 Å². The van der Waals surface area contributed by atoms with Gasteiger partial charge in [-0.05, 0) is 17.7 Å². The maximum absolute atomic E-state index is 11.3. The number of nitrogens with two attached hydrogens (primary N) is 2. The van der Waals surface area contributed by atoms with Crippen molar-refractivity contribution in [1.29, 1.82) is 0 Å². The Balaban J connectivity index is 2.37. The lowest BCUT2D eigenvalue weighted by Gasteiger charge is -2.07. The molecule has 0 heterocycles. The van der Waals surface area contributed by atoms with Crippen LogP contribution in [-0.4, -0.2) is 18.5 Å². The van der Waals surface area contributed by atoms with Gasteiger partial charge < -0.3 is 22.1 Å². The summed E-state index contributed by atoms with van der Waals surface area (Å²) in [7, 11) is 0. The van der Waals surface area contributed by atoms with Gasteiger partial charge in [-0.2, -0.15) is 0 Å². The van der Waals surface area contributed by atoms with Gasteiger partial charge in [-0.1, -0.05) is 12.1 Å². The summed E-state index contributed by atoms with van der Waals surface area (Å²) in [5.74, 6) is -0.447. The van der Waals surface area contributed by atoms with Crippen molar-refractivity contribution in [1.82, 2.24) is 5.32 Å². The fraction of sp³-hybridized carbons (Fsp3) is 0.273. The van der Waals surface area contributed by atoms with Gasteiger partial charge >= 0.3 is 6.03 Å². The number of benzene rings is 1. The van der Waals surface area contributed by atoms with Crippen LogP contribution in [0, 0.1) is 0 Å². The van der Waals surface area contributed by atoms with Gasteiger partial charge in [-0.15, -0.1) is 0 Å². The van der Waals surface area contributed by atoms with Crippen molar-refractivity contribution in [3.8, 4) is 0 Å². The summed E-state index contributed by atoms with van der Waals surface area (Å²) >= 11 is 0. The number of primary amides is 1. The largest absolute Gasteiger partial charge is 0.370 e. The van der Waals surface area contributed by atoms with E-state index in [2.05, 4.69) is 10.6 Å². The number of nitrogens with one attached hydrogen (secondary N) is 2. The number of carbonyl (C=O) groups excluding carboxylic acids is 2. The van der Waals surface area contributed by atoms with E-state index >= 15 is 0 Å². The molecule has 0 bridgehead atoms. The van der Waals surface area contributed by atoms with E-state index in [-0.39, 0.29) is 19.0 Å². The minimum atomic E-state index is -0.447. The third-order valence-corrected chi connectivity index (χ3v) is 2.10. The Bertz CT molecular complexity index is 389. The summed E-state index contributed by atoms with van der Waals surface area (Å²) in [5, 5.41) is 5.14. The topological polar surface area (TPSA) is 110 Å². The minimum absolute atomic E-state index is 0.125. The highest BCUT2D eigenvalue weighted by Gasteiger charge is 2.01. The normalized spacial score (nSPS) is 9.71. The zero-order valence-electron chi connectivity index (χ0n) is 9.40. The number of rotatable bonds is 5. The van der Waals surface area contributed by atoms with Crippen LogP contribution >= 0.6 is 0 Å². The van der Waals surface area contributed by atoms with Gasteiger partial charge in [-0.3, -0.25) is 4.79 Å². The molecule has 17 heavy (non-hydrogen) atoms. The minimum Gasteiger partial charge on any atom is -0.370 e. The molecular weight excluding hydrogens is 220 g/mol. The predicted molar refractivity (Wildman–Crippen MR) is 65.2 cm³/mol. The molecule has 0 radical (unpaired) electrons. The molecule has 0 aromatic heterocycles. The summed E-state index contributed by atoms with van der Waals surface area (Å²) in [4.78, 5) is 21.8. The number of urea groups is 1. The third-order valence-electron chi connectivity index (χ3n) is 2.10. The van der Waals surface area contributed by atoms with Gasteiger partial charge in [0.25, 0.3) is 0 Å². The first-order valence-corrected chi connectivity index (χ1v) is 5.24. The van der Waals surface area contributed by atoms with E-state index in [0.717, 1.165) is 5.56 Å². The van der Waals surface area contributed by atoms with Gasteiger partial charge in [-0.25, -0.2) is 4.79 Å². The second-order valence-corrected chi connectivity index (χ2v) is 3.50. The summed E-state index contributed by atoms with van der Waals surface area (Å²) in [6.07, 6.45) is 0.125. The molecule has 0 spiro atoms. The average Bonchev–Trinajstić information content (AvgIpc) is 2.29. The van der Waals surface area contributed by atoms with Gasteiger partial charge in [0.05, 0.1) is 0 Å². The second-order valence-electron chi connectivity index (χ2n) is 3.50. The lowest BCUT2D eigenvalue weighted by atomic mass is 10.2. The van der Waals surface area contributed by atoms with Gasteiger partial charge in [0.1, 0.15) is 0 Å². The number of hydrogen-bond acceptors (Lipinski definition) is 3. The SMILES string of the molecule is NCc1ccc(NC(=O)NCCC(N)=O)cc1. The molecule has 0 unspecified atom stereocenters. The Morgan fingerprint density at radius 1 is 1.18 bits per heavy atom. The highest BCUT2D eigenvalue weighted by molar-refractivity contribution is 5.89. The first-order valence-electron chi connectivity index (χ1n) is 5.24. The Morgan fingerprint density at radius 2 is 1.82 bits per heavy atom. The maximum Gasteiger partial charge on any atom is 0.319 e. The Kier molecular flexibility index (Phi) is 4.96. The van der Waals surface area contributed by atoms with E-state index in [4.69, 9.17) is 11.5 Å². The van der Waals surface area contributed by atoms with Crippen LogP contribution in [0.2, 0.25) is 0 Å². The van der Waals surface area contributed by atoms with Crippen LogP contribution in [0.25, 0.3) is 0 Å². The summed E-state index contributed by atoms with van der Waals surface area (Å²) in [5.41, 5.74) is 12.0. The zero-order valence-corrected chi connectivity index (χ0v) is 9.40. The van der Waals surface area contributed by atoms with E-state index < -0.39 is 5.91 Å². The Morgan fingerprint density at radius 3 is 2.35 bits per heavy atom. The van der Waals surface area contributed by atoms with Crippen molar-refractivity contribution in [2.45, 2.75) is 13.0 Å². The van der Waals surface area contributed by atoms with Crippen LogP contribution in [0.5, 0.6) is 0 Å². The highest BCUT2D eigenvalue weighted by atomic mass is 16.2. The van der Waals surface area contributed by atoms with Gasteiger partial charge in [0, 0.05) is 25.2 Å². The molecule has 3 amide bonds. The smallest absolute Gasteiger partial charge is 0.319 e. The number of amides is 3. The molecule has 0 atom stereocenters. The highest BCUT2D eigenvalue weighted by Crippen LogP contribution is 2.08. The lowest BCUT2D eigenvalue weighted by molar-refractivity contribution is -0.117. The van der Waals surface area contributed by atoms with E-state index in [1.54, 1.807) is 12.1 Å². The Hall–Kier alpha value is -2.08. The summed E-state index contributed by atoms with van der Waals surface area (Å²) in [6.45, 7) is 0.688. The molecular formula is C11H16N4O2. The first kappa shape index (κ1) is 13.0. The Labute approximate surface area is 99.4 Å². The molecule has 0 aliphatic heterocycles. The van der Waals surface area contributed by atoms with Crippen molar-refractivity contribution in [2.75, 3.05) is 11.9 Å². The van der Waals surface area contributed by atoms with Crippen molar-refractivity contribution in [3.05, 3.63) is 29.8 Å². The molecule has 0 saturated heterocycles. The predicted octanol–water partition coefficient (Wildman–Crippen LogP) is 0.142. The van der Waals surface area contributed by atoms with Gasteiger partial charge in [0.15, 0.2) is 0 Å². The fourth-order valence-corrected chi connectivity index (χ4v) is 1.20. The van der Waals surface area contributed by atoms with Crippen LogP contribution in [0.15, 0.2) is 24.3 Å². The van der Waals surface area contributed by atoms with Crippen LogP contribution < -0.4 is 22.1 Å². The van der Waals surface area contributed by atoms with Crippen LogP contribution in [0.3, 0.4) is 0 Å². The molecule has 0 fully saturated rings. The quantitative estimate of drug-likeness (QED) is 0.583. The maximum atomic E-state index is 11.3. The number of hydrogen-bond donors (Lipinski definition) is 4. The summed E-state index contributed by atoms with van der Waals surface area (Å²) in [6, 6.07) is 6.82. The molecule has 6 N–H and O–H groups in total. The monoisotopic (exact) mass is 236 g/mol. The van der Waals surface area contributed by atoms with Crippen LogP contribution in [-0.2, 0) is 11.3 Å². The van der Waals surface area contributed by atoms with E-state index in [1.165, 1.54) is 0 Å². The number of carbonyl (C=O) groups is 2. The van der Waals surface area contributed by atoms with Crippen molar-refractivity contribution >= 4 is 17.6 Å². The third kappa shape index (κ3) is 4.98. The van der Waals surface area contributed by atoms with E-state index in [0.29, 0.717) is 12.2 Å².